The smallest absolute Gasteiger partial charge is 0.239 e. The number of hydrogen-bond acceptors (Lipinski definition) is 4. The zero-order chi connectivity index (χ0) is 17.7. The molecular formula is C18H21FN2O3. The lowest BCUT2D eigenvalue weighted by atomic mass is 10.0. The van der Waals surface area contributed by atoms with E-state index < -0.39 is 23.8 Å². The van der Waals surface area contributed by atoms with Crippen LogP contribution in [0, 0.1) is 5.82 Å². The van der Waals surface area contributed by atoms with E-state index in [9.17, 15) is 9.18 Å². The quantitative estimate of drug-likeness (QED) is 0.818. The highest BCUT2D eigenvalue weighted by atomic mass is 19.1. The lowest BCUT2D eigenvalue weighted by molar-refractivity contribution is -0.120. The molecule has 0 aromatic heterocycles. The monoisotopic (exact) mass is 332 g/mol. The van der Waals surface area contributed by atoms with Crippen LogP contribution in [0.25, 0.3) is 0 Å². The van der Waals surface area contributed by atoms with Crippen molar-refractivity contribution in [2.75, 3.05) is 14.2 Å². The zero-order valence-corrected chi connectivity index (χ0v) is 13.9. The molecule has 0 saturated carbocycles. The Balaban J connectivity index is 2.31. The molecule has 5 nitrogen and oxygen atoms in total. The van der Waals surface area contributed by atoms with Crippen molar-refractivity contribution in [3.63, 3.8) is 0 Å². The summed E-state index contributed by atoms with van der Waals surface area (Å²) in [5.74, 6) is -0.267. The topological polar surface area (TPSA) is 73.6 Å². The van der Waals surface area contributed by atoms with E-state index >= 15 is 0 Å². The second kappa shape index (κ2) is 7.79. The van der Waals surface area contributed by atoms with E-state index in [4.69, 9.17) is 15.2 Å². The van der Waals surface area contributed by atoms with Gasteiger partial charge in [0.1, 0.15) is 11.9 Å². The van der Waals surface area contributed by atoms with E-state index in [0.717, 1.165) is 5.56 Å². The second-order valence-electron chi connectivity index (χ2n) is 5.36. The van der Waals surface area contributed by atoms with E-state index in [1.807, 2.05) is 18.2 Å². The van der Waals surface area contributed by atoms with Gasteiger partial charge in [0.05, 0.1) is 14.2 Å². The fourth-order valence-electron chi connectivity index (χ4n) is 2.53. The summed E-state index contributed by atoms with van der Waals surface area (Å²) < 4.78 is 24.7. The van der Waals surface area contributed by atoms with Crippen molar-refractivity contribution in [2.45, 2.75) is 19.0 Å². The highest BCUT2D eigenvalue weighted by Crippen LogP contribution is 2.33. The zero-order valence-electron chi connectivity index (χ0n) is 13.9. The molecule has 0 spiro atoms. The van der Waals surface area contributed by atoms with Gasteiger partial charge in [-0.25, -0.2) is 4.39 Å². The normalized spacial score (nSPS) is 13.2. The summed E-state index contributed by atoms with van der Waals surface area (Å²) in [6, 6.07) is 10.7. The SMILES string of the molecule is COc1cc(F)c([C@@H](C)N[C@@H](C(N)=O)c2ccccc2)cc1OC. The van der Waals surface area contributed by atoms with Gasteiger partial charge in [-0.05, 0) is 18.6 Å². The first kappa shape index (κ1) is 17.7. The van der Waals surface area contributed by atoms with Crippen LogP contribution in [0.1, 0.15) is 30.1 Å². The first-order chi connectivity index (χ1) is 11.5. The third-order valence-corrected chi connectivity index (χ3v) is 3.80. The average molecular weight is 332 g/mol. The van der Waals surface area contributed by atoms with Gasteiger partial charge in [0.2, 0.25) is 5.91 Å². The highest BCUT2D eigenvalue weighted by Gasteiger charge is 2.23. The van der Waals surface area contributed by atoms with E-state index in [1.165, 1.54) is 20.3 Å². The first-order valence-corrected chi connectivity index (χ1v) is 7.49. The minimum Gasteiger partial charge on any atom is -0.493 e. The summed E-state index contributed by atoms with van der Waals surface area (Å²) in [6.07, 6.45) is 0. The molecule has 0 fully saturated rings. The van der Waals surface area contributed by atoms with E-state index in [2.05, 4.69) is 5.32 Å². The Labute approximate surface area is 140 Å². The van der Waals surface area contributed by atoms with E-state index in [0.29, 0.717) is 17.1 Å². The van der Waals surface area contributed by atoms with Crippen LogP contribution < -0.4 is 20.5 Å². The van der Waals surface area contributed by atoms with Crippen LogP contribution in [0.4, 0.5) is 4.39 Å². The molecule has 0 heterocycles. The number of primary amides is 1. The number of methoxy groups -OCH3 is 2. The number of carbonyl (C=O) groups excluding carboxylic acids is 1. The molecule has 0 bridgehead atoms. The van der Waals surface area contributed by atoms with Gasteiger partial charge in [0, 0.05) is 17.7 Å². The fourth-order valence-corrected chi connectivity index (χ4v) is 2.53. The summed E-state index contributed by atoms with van der Waals surface area (Å²) in [4.78, 5) is 11.8. The molecule has 1 amide bonds. The van der Waals surface area contributed by atoms with E-state index in [1.54, 1.807) is 25.1 Å². The third kappa shape index (κ3) is 3.83. The van der Waals surface area contributed by atoms with Gasteiger partial charge in [-0.15, -0.1) is 0 Å². The van der Waals surface area contributed by atoms with Crippen molar-refractivity contribution in [1.29, 1.82) is 0 Å². The number of rotatable bonds is 7. The summed E-state index contributed by atoms with van der Waals surface area (Å²) in [7, 11) is 2.92. The standard InChI is InChI=1S/C18H21FN2O3/c1-11(13-9-15(23-2)16(24-3)10-14(13)19)21-17(18(20)22)12-7-5-4-6-8-12/h4-11,17,21H,1-3H3,(H2,20,22)/t11-,17-/m1/s1. The Morgan fingerprint density at radius 2 is 1.71 bits per heavy atom. The van der Waals surface area contributed by atoms with Crippen LogP contribution in [0.15, 0.2) is 42.5 Å². The van der Waals surface area contributed by atoms with Crippen molar-refractivity contribution in [3.05, 3.63) is 59.4 Å². The van der Waals surface area contributed by atoms with Gasteiger partial charge >= 0.3 is 0 Å². The number of benzene rings is 2. The fraction of sp³-hybridized carbons (Fsp3) is 0.278. The van der Waals surface area contributed by atoms with Crippen LogP contribution in [0.2, 0.25) is 0 Å². The Morgan fingerprint density at radius 1 is 1.12 bits per heavy atom. The minimum absolute atomic E-state index is 0.306. The maximum absolute atomic E-state index is 14.4. The van der Waals surface area contributed by atoms with Gasteiger partial charge in [-0.2, -0.15) is 0 Å². The third-order valence-electron chi connectivity index (χ3n) is 3.80. The maximum Gasteiger partial charge on any atom is 0.239 e. The van der Waals surface area contributed by atoms with Gasteiger partial charge in [-0.3, -0.25) is 10.1 Å². The lowest BCUT2D eigenvalue weighted by Gasteiger charge is -2.23. The molecule has 0 aliphatic carbocycles. The molecule has 3 N–H and O–H groups in total. The molecule has 0 aliphatic heterocycles. The number of hydrogen-bond donors (Lipinski definition) is 2. The predicted octanol–water partition coefficient (Wildman–Crippen LogP) is 2.72. The molecule has 6 heteroatoms. The van der Waals surface area contributed by atoms with Gasteiger partial charge < -0.3 is 15.2 Å². The van der Waals surface area contributed by atoms with Crippen LogP contribution in [-0.4, -0.2) is 20.1 Å². The van der Waals surface area contributed by atoms with Crippen LogP contribution in [-0.2, 0) is 4.79 Å². The molecule has 24 heavy (non-hydrogen) atoms. The minimum atomic E-state index is -0.728. The average Bonchev–Trinajstić information content (AvgIpc) is 2.59. The summed E-state index contributed by atoms with van der Waals surface area (Å²) >= 11 is 0. The molecule has 2 rings (SSSR count). The summed E-state index contributed by atoms with van der Waals surface area (Å²) in [5.41, 5.74) is 6.57. The van der Waals surface area contributed by atoms with Crippen LogP contribution in [0.3, 0.4) is 0 Å². The van der Waals surface area contributed by atoms with Crippen molar-refractivity contribution in [1.82, 2.24) is 5.32 Å². The Hall–Kier alpha value is -2.60. The summed E-state index contributed by atoms with van der Waals surface area (Å²) in [5, 5.41) is 3.07. The van der Waals surface area contributed by atoms with Crippen molar-refractivity contribution < 1.29 is 18.7 Å². The Kier molecular flexibility index (Phi) is 5.76. The number of nitrogens with one attached hydrogen (secondary N) is 1. The Bertz CT molecular complexity index is 707. The number of amides is 1. The highest BCUT2D eigenvalue weighted by molar-refractivity contribution is 5.81. The largest absolute Gasteiger partial charge is 0.493 e. The Morgan fingerprint density at radius 3 is 2.25 bits per heavy atom. The molecule has 0 radical (unpaired) electrons. The molecule has 128 valence electrons. The molecule has 2 aromatic rings. The van der Waals surface area contributed by atoms with Gasteiger partial charge in [-0.1, -0.05) is 30.3 Å². The molecule has 2 aromatic carbocycles. The number of carbonyl (C=O) groups is 1. The summed E-state index contributed by atoms with van der Waals surface area (Å²) in [6.45, 7) is 1.75. The van der Waals surface area contributed by atoms with Crippen molar-refractivity contribution in [3.8, 4) is 11.5 Å². The first-order valence-electron chi connectivity index (χ1n) is 7.49. The molecule has 0 unspecified atom stereocenters. The molecule has 0 aliphatic rings. The van der Waals surface area contributed by atoms with Gasteiger partial charge in [0.15, 0.2) is 11.5 Å². The molecule has 2 atom stereocenters. The van der Waals surface area contributed by atoms with Crippen LogP contribution in [0.5, 0.6) is 11.5 Å². The van der Waals surface area contributed by atoms with Gasteiger partial charge in [0.25, 0.3) is 0 Å². The lowest BCUT2D eigenvalue weighted by Crippen LogP contribution is -2.35. The number of nitrogens with two attached hydrogens (primary N) is 1. The molecule has 0 saturated heterocycles. The van der Waals surface area contributed by atoms with Crippen LogP contribution >= 0.6 is 0 Å². The van der Waals surface area contributed by atoms with Crippen molar-refractivity contribution in [2.24, 2.45) is 5.73 Å². The predicted molar refractivity (Wildman–Crippen MR) is 89.4 cm³/mol. The number of halogens is 1. The molecular weight excluding hydrogens is 311 g/mol. The van der Waals surface area contributed by atoms with Crippen molar-refractivity contribution >= 4 is 5.91 Å². The number of ether oxygens (including phenoxy) is 2. The second-order valence-corrected chi connectivity index (χ2v) is 5.36. The maximum atomic E-state index is 14.4. The van der Waals surface area contributed by atoms with E-state index in [-0.39, 0.29) is 0 Å².